The van der Waals surface area contributed by atoms with Crippen LogP contribution in [-0.4, -0.2) is 40.0 Å². The van der Waals surface area contributed by atoms with Gasteiger partial charge in [-0.3, -0.25) is 9.78 Å². The number of aromatic nitrogens is 3. The first-order chi connectivity index (χ1) is 13.1. The third-order valence-corrected chi connectivity index (χ3v) is 4.20. The number of rotatable bonds is 8. The number of carbonyl (C=O) groups is 1. The van der Waals surface area contributed by atoms with Crippen molar-refractivity contribution in [2.45, 2.75) is 19.9 Å². The fourth-order valence-corrected chi connectivity index (χ4v) is 2.77. The lowest BCUT2D eigenvalue weighted by Crippen LogP contribution is -2.44. The van der Waals surface area contributed by atoms with Crippen LogP contribution in [0.3, 0.4) is 0 Å². The van der Waals surface area contributed by atoms with Crippen molar-refractivity contribution in [1.82, 2.24) is 20.3 Å². The van der Waals surface area contributed by atoms with Crippen LogP contribution in [0.25, 0.3) is 10.9 Å². The third kappa shape index (κ3) is 4.91. The van der Waals surface area contributed by atoms with E-state index in [9.17, 15) is 4.79 Å². The minimum absolute atomic E-state index is 0.0549. The number of anilines is 2. The van der Waals surface area contributed by atoms with Crippen LogP contribution < -0.4 is 16.0 Å². The summed E-state index contributed by atoms with van der Waals surface area (Å²) in [6, 6.07) is 11.2. The maximum absolute atomic E-state index is 12.7. The normalized spacial score (nSPS) is 12.0. The molecule has 1 atom stereocenters. The molecule has 3 rings (SSSR count). The zero-order valence-corrected chi connectivity index (χ0v) is 15.5. The van der Waals surface area contributed by atoms with Crippen molar-refractivity contribution in [3.63, 3.8) is 0 Å². The highest BCUT2D eigenvalue weighted by molar-refractivity contribution is 5.92. The van der Waals surface area contributed by atoms with E-state index in [1.54, 1.807) is 12.4 Å². The van der Waals surface area contributed by atoms with Crippen LogP contribution in [0, 0.1) is 5.92 Å². The maximum atomic E-state index is 12.7. The predicted molar refractivity (Wildman–Crippen MR) is 108 cm³/mol. The Morgan fingerprint density at radius 1 is 1.07 bits per heavy atom. The number of carbonyl (C=O) groups excluding carboxylic acids is 1. The monoisotopic (exact) mass is 364 g/mol. The average molecular weight is 364 g/mol. The first kappa shape index (κ1) is 18.6. The van der Waals surface area contributed by atoms with Crippen LogP contribution in [0.5, 0.6) is 0 Å². The van der Waals surface area contributed by atoms with Gasteiger partial charge in [0, 0.05) is 30.9 Å². The largest absolute Gasteiger partial charge is 0.382 e. The fraction of sp³-hybridized carbons (Fsp3) is 0.300. The number of hydrogen-bond acceptors (Lipinski definition) is 6. The lowest BCUT2D eigenvalue weighted by atomic mass is 10.0. The van der Waals surface area contributed by atoms with E-state index in [1.165, 1.54) is 6.33 Å². The first-order valence-corrected chi connectivity index (χ1v) is 9.03. The summed E-state index contributed by atoms with van der Waals surface area (Å²) in [5.74, 6) is 0.716. The highest BCUT2D eigenvalue weighted by Crippen LogP contribution is 2.20. The van der Waals surface area contributed by atoms with Gasteiger partial charge in [-0.1, -0.05) is 26.0 Å². The molecule has 1 aromatic carbocycles. The summed E-state index contributed by atoms with van der Waals surface area (Å²) in [5, 5.41) is 10.4. The number of nitrogens with one attached hydrogen (secondary N) is 3. The molecule has 0 unspecified atom stereocenters. The van der Waals surface area contributed by atoms with Crippen LogP contribution in [0.4, 0.5) is 11.5 Å². The molecule has 27 heavy (non-hydrogen) atoms. The molecule has 0 radical (unpaired) electrons. The topological polar surface area (TPSA) is 91.8 Å². The molecular weight excluding hydrogens is 340 g/mol. The van der Waals surface area contributed by atoms with Gasteiger partial charge in [0.25, 0.3) is 0 Å². The zero-order valence-electron chi connectivity index (χ0n) is 15.5. The SMILES string of the molecule is CC(C)[C@@H](Nc1ncnc2ccccc12)C(=O)NCCNc1cccnc1. The van der Waals surface area contributed by atoms with Gasteiger partial charge in [-0.25, -0.2) is 9.97 Å². The zero-order chi connectivity index (χ0) is 19.1. The molecule has 3 N–H and O–H groups in total. The van der Waals surface area contributed by atoms with E-state index in [-0.39, 0.29) is 17.9 Å². The van der Waals surface area contributed by atoms with E-state index in [2.05, 4.69) is 30.9 Å². The van der Waals surface area contributed by atoms with Gasteiger partial charge in [-0.15, -0.1) is 0 Å². The van der Waals surface area contributed by atoms with E-state index in [4.69, 9.17) is 0 Å². The Labute approximate surface area is 158 Å². The van der Waals surface area contributed by atoms with Crippen LogP contribution in [0.2, 0.25) is 0 Å². The minimum Gasteiger partial charge on any atom is -0.382 e. The number of para-hydroxylation sites is 1. The van der Waals surface area contributed by atoms with Crippen molar-refractivity contribution >= 4 is 28.3 Å². The summed E-state index contributed by atoms with van der Waals surface area (Å²) >= 11 is 0. The molecule has 0 spiro atoms. The summed E-state index contributed by atoms with van der Waals surface area (Å²) in [6.07, 6.45) is 4.99. The molecule has 2 heterocycles. The maximum Gasteiger partial charge on any atom is 0.242 e. The molecule has 0 aliphatic heterocycles. The number of fused-ring (bicyclic) bond motifs is 1. The van der Waals surface area contributed by atoms with E-state index >= 15 is 0 Å². The summed E-state index contributed by atoms with van der Waals surface area (Å²) < 4.78 is 0. The van der Waals surface area contributed by atoms with Crippen molar-refractivity contribution in [1.29, 1.82) is 0 Å². The van der Waals surface area contributed by atoms with Gasteiger partial charge in [-0.2, -0.15) is 0 Å². The Bertz CT molecular complexity index is 879. The summed E-state index contributed by atoms with van der Waals surface area (Å²) in [4.78, 5) is 25.3. The number of benzene rings is 1. The van der Waals surface area contributed by atoms with Crippen molar-refractivity contribution in [2.24, 2.45) is 5.92 Å². The van der Waals surface area contributed by atoms with Crippen molar-refractivity contribution in [3.05, 3.63) is 55.1 Å². The lowest BCUT2D eigenvalue weighted by Gasteiger charge is -2.23. The van der Waals surface area contributed by atoms with Gasteiger partial charge in [0.05, 0.1) is 11.2 Å². The minimum atomic E-state index is -0.387. The van der Waals surface area contributed by atoms with E-state index in [0.29, 0.717) is 18.9 Å². The van der Waals surface area contributed by atoms with Crippen LogP contribution in [0.15, 0.2) is 55.1 Å². The Morgan fingerprint density at radius 3 is 2.70 bits per heavy atom. The van der Waals surface area contributed by atoms with Gasteiger partial charge in [0.1, 0.15) is 18.2 Å². The second-order valence-electron chi connectivity index (χ2n) is 6.56. The molecule has 7 nitrogen and oxygen atoms in total. The second-order valence-corrected chi connectivity index (χ2v) is 6.56. The standard InChI is InChI=1S/C20H24N6O/c1-14(2)18(20(27)23-11-10-22-15-6-5-9-21-12-15)26-19-16-7-3-4-8-17(16)24-13-25-19/h3-9,12-14,18,22H,10-11H2,1-2H3,(H,23,27)(H,24,25,26)/t18-/m1/s1. The second kappa shape index (κ2) is 8.93. The Morgan fingerprint density at radius 2 is 1.93 bits per heavy atom. The first-order valence-electron chi connectivity index (χ1n) is 9.03. The van der Waals surface area contributed by atoms with Gasteiger partial charge in [0.15, 0.2) is 0 Å². The lowest BCUT2D eigenvalue weighted by molar-refractivity contribution is -0.122. The highest BCUT2D eigenvalue weighted by Gasteiger charge is 2.22. The molecular formula is C20H24N6O. The molecule has 3 aromatic rings. The Kier molecular flexibility index (Phi) is 6.14. The van der Waals surface area contributed by atoms with Crippen LogP contribution in [0.1, 0.15) is 13.8 Å². The average Bonchev–Trinajstić information content (AvgIpc) is 2.70. The molecule has 0 aliphatic rings. The number of hydrogen-bond donors (Lipinski definition) is 3. The molecule has 0 saturated carbocycles. The van der Waals surface area contributed by atoms with E-state index < -0.39 is 0 Å². The Balaban J connectivity index is 1.60. The Hall–Kier alpha value is -3.22. The van der Waals surface area contributed by atoms with Crippen LogP contribution >= 0.6 is 0 Å². The molecule has 140 valence electrons. The van der Waals surface area contributed by atoms with Crippen molar-refractivity contribution < 1.29 is 4.79 Å². The number of nitrogens with zero attached hydrogens (tertiary/aromatic N) is 3. The molecule has 0 aliphatic carbocycles. The van der Waals surface area contributed by atoms with E-state index in [1.807, 2.05) is 50.2 Å². The van der Waals surface area contributed by atoms with Crippen molar-refractivity contribution in [2.75, 3.05) is 23.7 Å². The fourth-order valence-electron chi connectivity index (χ4n) is 2.77. The van der Waals surface area contributed by atoms with Crippen LogP contribution in [-0.2, 0) is 4.79 Å². The molecule has 0 saturated heterocycles. The van der Waals surface area contributed by atoms with Gasteiger partial charge >= 0.3 is 0 Å². The molecule has 2 aromatic heterocycles. The van der Waals surface area contributed by atoms with Gasteiger partial charge in [0.2, 0.25) is 5.91 Å². The van der Waals surface area contributed by atoms with Crippen molar-refractivity contribution in [3.8, 4) is 0 Å². The summed E-state index contributed by atoms with van der Waals surface area (Å²) in [5.41, 5.74) is 1.77. The quantitative estimate of drug-likeness (QED) is 0.532. The third-order valence-electron chi connectivity index (χ3n) is 4.20. The van der Waals surface area contributed by atoms with Gasteiger partial charge in [-0.05, 0) is 30.2 Å². The summed E-state index contributed by atoms with van der Waals surface area (Å²) in [7, 11) is 0. The molecule has 7 heteroatoms. The smallest absolute Gasteiger partial charge is 0.242 e. The highest BCUT2D eigenvalue weighted by atomic mass is 16.2. The number of amides is 1. The van der Waals surface area contributed by atoms with E-state index in [0.717, 1.165) is 16.6 Å². The molecule has 1 amide bonds. The summed E-state index contributed by atoms with van der Waals surface area (Å²) in [6.45, 7) is 5.16. The molecule has 0 bridgehead atoms. The number of pyridine rings is 1. The molecule has 0 fully saturated rings. The predicted octanol–water partition coefficient (Wildman–Crippen LogP) is 2.69. The van der Waals surface area contributed by atoms with Gasteiger partial charge < -0.3 is 16.0 Å².